The van der Waals surface area contributed by atoms with E-state index in [1.807, 2.05) is 12.1 Å². The predicted octanol–water partition coefficient (Wildman–Crippen LogP) is 4.93. The van der Waals surface area contributed by atoms with E-state index in [0.717, 1.165) is 4.47 Å². The fraction of sp³-hybridized carbons (Fsp3) is 0.188. The minimum Gasteiger partial charge on any atom is -0.435 e. The molecule has 0 radical (unpaired) electrons. The van der Waals surface area contributed by atoms with Crippen LogP contribution in [0.2, 0.25) is 0 Å². The third kappa shape index (κ3) is 5.52. The molecule has 1 atom stereocenters. The number of nitrogens with one attached hydrogen (secondary N) is 2. The van der Waals surface area contributed by atoms with Crippen LogP contribution in [-0.4, -0.2) is 12.6 Å². The molecule has 2 rings (SSSR count). The monoisotopic (exact) mass is 384 g/mol. The Balaban J connectivity index is 1.96. The van der Waals surface area contributed by atoms with Crippen LogP contribution in [-0.2, 0) is 0 Å². The van der Waals surface area contributed by atoms with Gasteiger partial charge in [0.1, 0.15) is 5.75 Å². The first-order valence-corrected chi connectivity index (χ1v) is 7.61. The van der Waals surface area contributed by atoms with Crippen LogP contribution in [0.5, 0.6) is 5.75 Å². The lowest BCUT2D eigenvalue weighted by Gasteiger charge is -2.16. The van der Waals surface area contributed by atoms with Crippen molar-refractivity contribution in [3.05, 3.63) is 58.6 Å². The number of alkyl halides is 2. The summed E-state index contributed by atoms with van der Waals surface area (Å²) in [7, 11) is 0. The number of ether oxygens (including phenoxy) is 1. The van der Waals surface area contributed by atoms with Gasteiger partial charge in [-0.3, -0.25) is 0 Å². The molecule has 23 heavy (non-hydrogen) atoms. The van der Waals surface area contributed by atoms with Crippen LogP contribution in [0.4, 0.5) is 19.3 Å². The van der Waals surface area contributed by atoms with Crippen LogP contribution in [0.1, 0.15) is 18.5 Å². The fourth-order valence-corrected chi connectivity index (χ4v) is 2.20. The highest BCUT2D eigenvalue weighted by Crippen LogP contribution is 2.21. The average molecular weight is 385 g/mol. The molecule has 2 aromatic rings. The van der Waals surface area contributed by atoms with E-state index in [9.17, 15) is 13.6 Å². The summed E-state index contributed by atoms with van der Waals surface area (Å²) in [5.41, 5.74) is 1.31. The largest absolute Gasteiger partial charge is 0.435 e. The van der Waals surface area contributed by atoms with E-state index < -0.39 is 6.61 Å². The van der Waals surface area contributed by atoms with E-state index in [2.05, 4.69) is 31.3 Å². The van der Waals surface area contributed by atoms with E-state index in [0.29, 0.717) is 11.3 Å². The first-order chi connectivity index (χ1) is 10.9. The maximum absolute atomic E-state index is 12.2. The van der Waals surface area contributed by atoms with Crippen LogP contribution < -0.4 is 15.4 Å². The van der Waals surface area contributed by atoms with Gasteiger partial charge in [-0.15, -0.1) is 0 Å². The summed E-state index contributed by atoms with van der Waals surface area (Å²) in [6.45, 7) is -1.13. The van der Waals surface area contributed by atoms with Gasteiger partial charge in [0.15, 0.2) is 0 Å². The summed E-state index contributed by atoms with van der Waals surface area (Å²) in [4.78, 5) is 12.0. The lowest BCUT2D eigenvalue weighted by molar-refractivity contribution is -0.0499. The second kappa shape index (κ2) is 7.92. The molecule has 2 aromatic carbocycles. The summed E-state index contributed by atoms with van der Waals surface area (Å²) in [5, 5.41) is 5.43. The zero-order chi connectivity index (χ0) is 16.8. The average Bonchev–Trinajstić information content (AvgIpc) is 2.49. The second-order valence-electron chi connectivity index (χ2n) is 4.78. The highest BCUT2D eigenvalue weighted by Gasteiger charge is 2.12. The minimum absolute atomic E-state index is 0.0551. The molecule has 0 heterocycles. The zero-order valence-electron chi connectivity index (χ0n) is 12.2. The smallest absolute Gasteiger partial charge is 0.387 e. The summed E-state index contributed by atoms with van der Waals surface area (Å²) in [6.07, 6.45) is 0. The SMILES string of the molecule is CC(NC(=O)Nc1ccc(Br)cc1)c1cccc(OC(F)F)c1. The summed E-state index contributed by atoms with van der Waals surface area (Å²) >= 11 is 3.31. The van der Waals surface area contributed by atoms with Crippen molar-refractivity contribution in [2.75, 3.05) is 5.32 Å². The van der Waals surface area contributed by atoms with E-state index in [4.69, 9.17) is 0 Å². The quantitative estimate of drug-likeness (QED) is 0.767. The van der Waals surface area contributed by atoms with Crippen LogP contribution in [0.3, 0.4) is 0 Å². The molecule has 4 nitrogen and oxygen atoms in total. The minimum atomic E-state index is -2.88. The molecule has 0 saturated heterocycles. The van der Waals surface area contributed by atoms with Crippen molar-refractivity contribution in [3.63, 3.8) is 0 Å². The number of urea groups is 1. The number of halogens is 3. The van der Waals surface area contributed by atoms with Gasteiger partial charge in [-0.05, 0) is 48.9 Å². The molecule has 0 saturated carbocycles. The maximum Gasteiger partial charge on any atom is 0.387 e. The first-order valence-electron chi connectivity index (χ1n) is 6.82. The van der Waals surface area contributed by atoms with E-state index in [1.165, 1.54) is 12.1 Å². The number of carbonyl (C=O) groups excluding carboxylic acids is 1. The third-order valence-electron chi connectivity index (χ3n) is 3.03. The van der Waals surface area contributed by atoms with Gasteiger partial charge in [0.05, 0.1) is 6.04 Å². The Morgan fingerprint density at radius 3 is 2.52 bits per heavy atom. The second-order valence-corrected chi connectivity index (χ2v) is 5.69. The van der Waals surface area contributed by atoms with E-state index in [1.54, 1.807) is 31.2 Å². The van der Waals surface area contributed by atoms with Crippen molar-refractivity contribution in [3.8, 4) is 5.75 Å². The van der Waals surface area contributed by atoms with Crippen molar-refractivity contribution < 1.29 is 18.3 Å². The van der Waals surface area contributed by atoms with Crippen LogP contribution in [0.25, 0.3) is 0 Å². The van der Waals surface area contributed by atoms with Gasteiger partial charge < -0.3 is 15.4 Å². The summed E-state index contributed by atoms with van der Waals surface area (Å²) < 4.78 is 29.7. The van der Waals surface area contributed by atoms with Crippen LogP contribution >= 0.6 is 15.9 Å². The Morgan fingerprint density at radius 2 is 1.87 bits per heavy atom. The van der Waals surface area contributed by atoms with Gasteiger partial charge >= 0.3 is 12.6 Å². The van der Waals surface area contributed by atoms with Crippen molar-refractivity contribution in [2.45, 2.75) is 19.6 Å². The number of hydrogen-bond acceptors (Lipinski definition) is 2. The lowest BCUT2D eigenvalue weighted by atomic mass is 10.1. The number of amides is 2. The topological polar surface area (TPSA) is 50.4 Å². The Morgan fingerprint density at radius 1 is 1.17 bits per heavy atom. The molecule has 0 bridgehead atoms. The standard InChI is InChI=1S/C16H15BrF2N2O2/c1-10(11-3-2-4-14(9-11)23-15(18)19)20-16(22)21-13-7-5-12(17)6-8-13/h2-10,15H,1H3,(H2,20,21,22). The molecule has 0 spiro atoms. The van der Waals surface area contributed by atoms with E-state index in [-0.39, 0.29) is 17.8 Å². The first kappa shape index (κ1) is 17.2. The number of anilines is 1. The predicted molar refractivity (Wildman–Crippen MR) is 87.8 cm³/mol. The molecule has 0 aliphatic carbocycles. The number of rotatable bonds is 5. The van der Waals surface area contributed by atoms with Gasteiger partial charge in [0.25, 0.3) is 0 Å². The molecule has 0 fully saturated rings. The highest BCUT2D eigenvalue weighted by molar-refractivity contribution is 9.10. The zero-order valence-corrected chi connectivity index (χ0v) is 13.8. The van der Waals surface area contributed by atoms with Gasteiger partial charge in [-0.25, -0.2) is 4.79 Å². The summed E-state index contributed by atoms with van der Waals surface area (Å²) in [6, 6.07) is 12.6. The maximum atomic E-state index is 12.2. The molecule has 122 valence electrons. The number of carbonyl (C=O) groups is 1. The normalized spacial score (nSPS) is 11.9. The highest BCUT2D eigenvalue weighted by atomic mass is 79.9. The van der Waals surface area contributed by atoms with Gasteiger partial charge in [-0.1, -0.05) is 28.1 Å². The molecule has 1 unspecified atom stereocenters. The van der Waals surface area contributed by atoms with Gasteiger partial charge in [0.2, 0.25) is 0 Å². The van der Waals surface area contributed by atoms with Crippen molar-refractivity contribution >= 4 is 27.6 Å². The Labute approximate surface area is 141 Å². The molecule has 0 aromatic heterocycles. The van der Waals surface area contributed by atoms with Crippen LogP contribution in [0.15, 0.2) is 53.0 Å². The van der Waals surface area contributed by atoms with Crippen molar-refractivity contribution in [2.24, 2.45) is 0 Å². The Hall–Kier alpha value is -2.15. The van der Waals surface area contributed by atoms with Gasteiger partial charge in [-0.2, -0.15) is 8.78 Å². The number of hydrogen-bond donors (Lipinski definition) is 2. The molecule has 0 aliphatic heterocycles. The van der Waals surface area contributed by atoms with E-state index >= 15 is 0 Å². The molecule has 7 heteroatoms. The van der Waals surface area contributed by atoms with Gasteiger partial charge in [0, 0.05) is 10.2 Å². The molecule has 0 aliphatic rings. The van der Waals surface area contributed by atoms with Crippen molar-refractivity contribution in [1.29, 1.82) is 0 Å². The fourth-order valence-electron chi connectivity index (χ4n) is 1.94. The summed E-state index contributed by atoms with van der Waals surface area (Å²) in [5.74, 6) is 0.0551. The Kier molecular flexibility index (Phi) is 5.92. The molecular formula is C16H15BrF2N2O2. The third-order valence-corrected chi connectivity index (χ3v) is 3.56. The van der Waals surface area contributed by atoms with Crippen LogP contribution in [0, 0.1) is 0 Å². The molecular weight excluding hydrogens is 370 g/mol. The Bertz CT molecular complexity index is 665. The van der Waals surface area contributed by atoms with Crippen molar-refractivity contribution in [1.82, 2.24) is 5.32 Å². The molecule has 2 N–H and O–H groups in total. The molecule has 2 amide bonds. The lowest BCUT2D eigenvalue weighted by Crippen LogP contribution is -2.31. The number of benzene rings is 2.